The summed E-state index contributed by atoms with van der Waals surface area (Å²) >= 11 is 12.2. The third-order valence-corrected chi connectivity index (χ3v) is 3.84. The SMILES string of the molecule is CNCC(Cc1ccccc1Cl)c1ccc(Cl)cc1. The Hall–Kier alpha value is -1.02. The van der Waals surface area contributed by atoms with Crippen LogP contribution in [-0.2, 0) is 6.42 Å². The van der Waals surface area contributed by atoms with Crippen molar-refractivity contribution in [3.05, 3.63) is 69.7 Å². The van der Waals surface area contributed by atoms with Gasteiger partial charge >= 0.3 is 0 Å². The lowest BCUT2D eigenvalue weighted by Gasteiger charge is -2.18. The molecule has 0 aromatic heterocycles. The standard InChI is InChI=1S/C16H17Cl2N/c1-19-11-14(12-6-8-15(17)9-7-12)10-13-4-2-3-5-16(13)18/h2-9,14,19H,10-11H2,1H3. The summed E-state index contributed by atoms with van der Waals surface area (Å²) in [5, 5.41) is 4.84. The van der Waals surface area contributed by atoms with Crippen LogP contribution in [0.3, 0.4) is 0 Å². The fourth-order valence-corrected chi connectivity index (χ4v) is 2.56. The zero-order chi connectivity index (χ0) is 13.7. The van der Waals surface area contributed by atoms with E-state index in [0.29, 0.717) is 5.92 Å². The number of benzene rings is 2. The maximum Gasteiger partial charge on any atom is 0.0438 e. The number of hydrogen-bond donors (Lipinski definition) is 1. The van der Waals surface area contributed by atoms with Gasteiger partial charge < -0.3 is 5.32 Å². The van der Waals surface area contributed by atoms with Gasteiger partial charge in [0.2, 0.25) is 0 Å². The fraction of sp³-hybridized carbons (Fsp3) is 0.250. The number of nitrogens with one attached hydrogen (secondary N) is 1. The van der Waals surface area contributed by atoms with E-state index in [2.05, 4.69) is 23.5 Å². The molecule has 0 fully saturated rings. The van der Waals surface area contributed by atoms with Gasteiger partial charge in [0.05, 0.1) is 0 Å². The van der Waals surface area contributed by atoms with Crippen molar-refractivity contribution < 1.29 is 0 Å². The van der Waals surface area contributed by atoms with Crippen LogP contribution in [-0.4, -0.2) is 13.6 Å². The van der Waals surface area contributed by atoms with Gasteiger partial charge in [0, 0.05) is 22.5 Å². The Bertz CT molecular complexity index is 523. The smallest absolute Gasteiger partial charge is 0.0438 e. The summed E-state index contributed by atoms with van der Waals surface area (Å²) in [7, 11) is 1.97. The lowest BCUT2D eigenvalue weighted by Crippen LogP contribution is -2.19. The van der Waals surface area contributed by atoms with Crippen molar-refractivity contribution in [2.24, 2.45) is 0 Å². The van der Waals surface area contributed by atoms with Gasteiger partial charge in [-0.3, -0.25) is 0 Å². The highest BCUT2D eigenvalue weighted by atomic mass is 35.5. The van der Waals surface area contributed by atoms with E-state index in [4.69, 9.17) is 23.2 Å². The number of halogens is 2. The minimum absolute atomic E-state index is 0.391. The highest BCUT2D eigenvalue weighted by Crippen LogP contribution is 2.25. The van der Waals surface area contributed by atoms with Crippen molar-refractivity contribution in [1.29, 1.82) is 0 Å². The average Bonchev–Trinajstić information content (AvgIpc) is 2.42. The van der Waals surface area contributed by atoms with Gasteiger partial charge in [-0.1, -0.05) is 53.5 Å². The summed E-state index contributed by atoms with van der Waals surface area (Å²) in [6.45, 7) is 0.910. The van der Waals surface area contributed by atoms with Gasteiger partial charge in [-0.2, -0.15) is 0 Å². The van der Waals surface area contributed by atoms with Crippen LogP contribution in [0, 0.1) is 0 Å². The van der Waals surface area contributed by atoms with Crippen molar-refractivity contribution in [1.82, 2.24) is 5.32 Å². The van der Waals surface area contributed by atoms with Crippen molar-refractivity contribution in [3.8, 4) is 0 Å². The van der Waals surface area contributed by atoms with Crippen LogP contribution in [0.25, 0.3) is 0 Å². The van der Waals surface area contributed by atoms with Gasteiger partial charge in [-0.15, -0.1) is 0 Å². The molecule has 19 heavy (non-hydrogen) atoms. The molecule has 0 radical (unpaired) electrons. The zero-order valence-corrected chi connectivity index (χ0v) is 12.4. The molecule has 0 aliphatic rings. The fourth-order valence-electron chi connectivity index (χ4n) is 2.22. The van der Waals surface area contributed by atoms with Crippen LogP contribution < -0.4 is 5.32 Å². The Labute approximate surface area is 124 Å². The molecule has 2 aromatic carbocycles. The van der Waals surface area contributed by atoms with E-state index in [1.807, 2.05) is 37.4 Å². The molecule has 2 rings (SSSR count). The van der Waals surface area contributed by atoms with Crippen molar-refractivity contribution in [2.45, 2.75) is 12.3 Å². The highest BCUT2D eigenvalue weighted by Gasteiger charge is 2.13. The second-order valence-corrected chi connectivity index (χ2v) is 5.45. The minimum Gasteiger partial charge on any atom is -0.319 e. The Kier molecular flexibility index (Phi) is 5.26. The molecule has 0 aliphatic heterocycles. The highest BCUT2D eigenvalue weighted by molar-refractivity contribution is 6.31. The molecule has 0 amide bonds. The molecule has 3 heteroatoms. The van der Waals surface area contributed by atoms with E-state index in [0.717, 1.165) is 23.0 Å². The molecule has 0 spiro atoms. The molecule has 0 saturated heterocycles. The summed E-state index contributed by atoms with van der Waals surface area (Å²) in [6, 6.07) is 16.1. The van der Waals surface area contributed by atoms with Crippen molar-refractivity contribution in [3.63, 3.8) is 0 Å². The summed E-state index contributed by atoms with van der Waals surface area (Å²) in [5.41, 5.74) is 2.46. The van der Waals surface area contributed by atoms with Gasteiger partial charge in [0.25, 0.3) is 0 Å². The van der Waals surface area contributed by atoms with Crippen LogP contribution >= 0.6 is 23.2 Å². The quantitative estimate of drug-likeness (QED) is 0.853. The molecule has 1 nitrogen and oxygen atoms in total. The molecule has 1 N–H and O–H groups in total. The minimum atomic E-state index is 0.391. The van der Waals surface area contributed by atoms with Gasteiger partial charge in [-0.05, 0) is 42.8 Å². The van der Waals surface area contributed by atoms with Crippen molar-refractivity contribution >= 4 is 23.2 Å². The van der Waals surface area contributed by atoms with Crippen LogP contribution in [0.2, 0.25) is 10.0 Å². The van der Waals surface area contributed by atoms with Crippen LogP contribution in [0.15, 0.2) is 48.5 Å². The van der Waals surface area contributed by atoms with E-state index in [1.54, 1.807) is 0 Å². The molecule has 0 saturated carbocycles. The molecule has 0 heterocycles. The van der Waals surface area contributed by atoms with Crippen LogP contribution in [0.4, 0.5) is 0 Å². The maximum absolute atomic E-state index is 6.24. The maximum atomic E-state index is 6.24. The summed E-state index contributed by atoms with van der Waals surface area (Å²) < 4.78 is 0. The Morgan fingerprint density at radius 3 is 2.32 bits per heavy atom. The third kappa shape index (κ3) is 3.97. The lowest BCUT2D eigenvalue weighted by molar-refractivity contribution is 0.626. The molecule has 0 aliphatic carbocycles. The monoisotopic (exact) mass is 293 g/mol. The second kappa shape index (κ2) is 6.95. The Morgan fingerprint density at radius 1 is 1.00 bits per heavy atom. The number of likely N-dealkylation sites (N-methyl/N-ethyl adjacent to an activating group) is 1. The summed E-state index contributed by atoms with van der Waals surface area (Å²) in [4.78, 5) is 0. The first-order valence-corrected chi connectivity index (χ1v) is 7.09. The molecule has 0 bridgehead atoms. The van der Waals surface area contributed by atoms with Gasteiger partial charge in [-0.25, -0.2) is 0 Å². The molecule has 100 valence electrons. The first kappa shape index (κ1) is 14.4. The topological polar surface area (TPSA) is 12.0 Å². The largest absolute Gasteiger partial charge is 0.319 e. The first-order chi connectivity index (χ1) is 9.20. The Balaban J connectivity index is 2.21. The first-order valence-electron chi connectivity index (χ1n) is 6.34. The zero-order valence-electron chi connectivity index (χ0n) is 10.9. The third-order valence-electron chi connectivity index (χ3n) is 3.22. The summed E-state index contributed by atoms with van der Waals surface area (Å²) in [6.07, 6.45) is 0.919. The van der Waals surface area contributed by atoms with Gasteiger partial charge in [0.1, 0.15) is 0 Å². The molecular weight excluding hydrogens is 277 g/mol. The van der Waals surface area contributed by atoms with Gasteiger partial charge in [0.15, 0.2) is 0 Å². The molecule has 1 atom stereocenters. The van der Waals surface area contributed by atoms with E-state index < -0.39 is 0 Å². The number of rotatable bonds is 5. The van der Waals surface area contributed by atoms with E-state index in [1.165, 1.54) is 11.1 Å². The van der Waals surface area contributed by atoms with E-state index in [-0.39, 0.29) is 0 Å². The normalized spacial score (nSPS) is 12.4. The van der Waals surface area contributed by atoms with Crippen LogP contribution in [0.5, 0.6) is 0 Å². The predicted octanol–water partition coefficient (Wildman–Crippen LogP) is 4.54. The molecule has 2 aromatic rings. The molecule has 1 unspecified atom stereocenters. The second-order valence-electron chi connectivity index (χ2n) is 4.60. The predicted molar refractivity (Wildman–Crippen MR) is 83.3 cm³/mol. The number of hydrogen-bond acceptors (Lipinski definition) is 1. The van der Waals surface area contributed by atoms with E-state index >= 15 is 0 Å². The molecular formula is C16H17Cl2N. The Morgan fingerprint density at radius 2 is 1.68 bits per heavy atom. The van der Waals surface area contributed by atoms with Crippen molar-refractivity contribution in [2.75, 3.05) is 13.6 Å². The summed E-state index contributed by atoms with van der Waals surface area (Å²) in [5.74, 6) is 0.391. The average molecular weight is 294 g/mol. The van der Waals surface area contributed by atoms with Crippen LogP contribution in [0.1, 0.15) is 17.0 Å². The van der Waals surface area contributed by atoms with E-state index in [9.17, 15) is 0 Å². The lowest BCUT2D eigenvalue weighted by atomic mass is 9.92.